The van der Waals surface area contributed by atoms with E-state index >= 15 is 0 Å². The summed E-state index contributed by atoms with van der Waals surface area (Å²) in [5.74, 6) is -0.658. The molecule has 1 amide bonds. The molecule has 0 bridgehead atoms. The number of nitrogens with zero attached hydrogens (tertiary/aromatic N) is 2. The zero-order valence-corrected chi connectivity index (χ0v) is 13.9. The minimum Gasteiger partial charge on any atom is -0.461 e. The summed E-state index contributed by atoms with van der Waals surface area (Å²) in [5.41, 5.74) is 2.75. The average Bonchev–Trinajstić information content (AvgIpc) is 2.80. The fourth-order valence-electron chi connectivity index (χ4n) is 2.51. The van der Waals surface area contributed by atoms with Crippen LogP contribution in [0.5, 0.6) is 0 Å². The molecule has 0 N–H and O–H groups in total. The first-order valence-electron chi connectivity index (χ1n) is 7.67. The molecule has 1 saturated heterocycles. The standard InChI is InChI=1S/C19H20N2O3/c1-5-9-15-13(4)18(22)21(17(15)6-2)12-14-10-8-11-16(20-14)19(23)24-7-3/h5-6,8-11H,1,4,7,12H2,2-3H3/b15-9+,17-6+. The van der Waals surface area contributed by atoms with Gasteiger partial charge in [0.05, 0.1) is 18.8 Å². The summed E-state index contributed by atoms with van der Waals surface area (Å²) in [5, 5.41) is 0. The zero-order valence-electron chi connectivity index (χ0n) is 13.9. The quantitative estimate of drug-likeness (QED) is 0.616. The van der Waals surface area contributed by atoms with E-state index in [1.54, 1.807) is 42.2 Å². The SMILES string of the molecule is C=C/C=C1\C(=C)C(=O)N(Cc2cccc(C(=O)OCC)n2)\C1=C\C. The van der Waals surface area contributed by atoms with Gasteiger partial charge in [-0.05, 0) is 26.0 Å². The first-order valence-corrected chi connectivity index (χ1v) is 7.67. The molecule has 0 unspecified atom stereocenters. The first kappa shape index (κ1) is 17.4. The molecule has 2 heterocycles. The van der Waals surface area contributed by atoms with Crippen molar-refractivity contribution < 1.29 is 14.3 Å². The van der Waals surface area contributed by atoms with E-state index in [1.807, 2.05) is 13.0 Å². The highest BCUT2D eigenvalue weighted by atomic mass is 16.5. The molecule has 0 radical (unpaired) electrons. The van der Waals surface area contributed by atoms with Crippen LogP contribution in [0.1, 0.15) is 30.0 Å². The van der Waals surface area contributed by atoms with Gasteiger partial charge in [-0.25, -0.2) is 9.78 Å². The van der Waals surface area contributed by atoms with Crippen LogP contribution < -0.4 is 0 Å². The van der Waals surface area contributed by atoms with Crippen LogP contribution in [0.2, 0.25) is 0 Å². The predicted molar refractivity (Wildman–Crippen MR) is 91.9 cm³/mol. The van der Waals surface area contributed by atoms with E-state index in [1.165, 1.54) is 0 Å². The Morgan fingerprint density at radius 2 is 2.17 bits per heavy atom. The lowest BCUT2D eigenvalue weighted by molar-refractivity contribution is -0.124. The van der Waals surface area contributed by atoms with Crippen LogP contribution in [0.3, 0.4) is 0 Å². The third-order valence-electron chi connectivity index (χ3n) is 3.56. The average molecular weight is 324 g/mol. The largest absolute Gasteiger partial charge is 0.461 e. The van der Waals surface area contributed by atoms with Crippen LogP contribution in [0, 0.1) is 0 Å². The summed E-state index contributed by atoms with van der Waals surface area (Å²) < 4.78 is 4.95. The van der Waals surface area contributed by atoms with E-state index in [0.29, 0.717) is 11.3 Å². The van der Waals surface area contributed by atoms with E-state index in [4.69, 9.17) is 4.74 Å². The molecule has 0 saturated carbocycles. The molecular weight excluding hydrogens is 304 g/mol. The van der Waals surface area contributed by atoms with Gasteiger partial charge in [0.1, 0.15) is 5.69 Å². The molecule has 124 valence electrons. The van der Waals surface area contributed by atoms with Gasteiger partial charge in [0.25, 0.3) is 5.91 Å². The van der Waals surface area contributed by atoms with Gasteiger partial charge in [-0.15, -0.1) is 0 Å². The summed E-state index contributed by atoms with van der Waals surface area (Å²) in [4.78, 5) is 30.2. The Labute approximate surface area is 141 Å². The van der Waals surface area contributed by atoms with Gasteiger partial charge in [0.2, 0.25) is 0 Å². The number of hydrogen-bond acceptors (Lipinski definition) is 4. The lowest BCUT2D eigenvalue weighted by atomic mass is 10.1. The number of pyridine rings is 1. The highest BCUT2D eigenvalue weighted by Crippen LogP contribution is 2.33. The monoisotopic (exact) mass is 324 g/mol. The minimum absolute atomic E-state index is 0.181. The molecule has 1 aromatic heterocycles. The Hall–Kier alpha value is -2.95. The zero-order chi connectivity index (χ0) is 17.7. The van der Waals surface area contributed by atoms with Gasteiger partial charge >= 0.3 is 5.97 Å². The smallest absolute Gasteiger partial charge is 0.356 e. The molecule has 5 nitrogen and oxygen atoms in total. The van der Waals surface area contributed by atoms with Gasteiger partial charge in [0, 0.05) is 16.8 Å². The summed E-state index contributed by atoms with van der Waals surface area (Å²) in [7, 11) is 0. The van der Waals surface area contributed by atoms with Crippen molar-refractivity contribution >= 4 is 11.9 Å². The Balaban J connectivity index is 2.30. The number of aromatic nitrogens is 1. The highest BCUT2D eigenvalue weighted by Gasteiger charge is 2.33. The predicted octanol–water partition coefficient (Wildman–Crippen LogP) is 3.17. The normalized spacial score (nSPS) is 17.7. The van der Waals surface area contributed by atoms with E-state index < -0.39 is 5.97 Å². The summed E-state index contributed by atoms with van der Waals surface area (Å²) in [6.07, 6.45) is 5.24. The maximum Gasteiger partial charge on any atom is 0.356 e. The van der Waals surface area contributed by atoms with Crippen LogP contribution in [-0.2, 0) is 16.1 Å². The van der Waals surface area contributed by atoms with Crippen molar-refractivity contribution in [3.63, 3.8) is 0 Å². The number of rotatable bonds is 5. The Morgan fingerprint density at radius 3 is 2.79 bits per heavy atom. The van der Waals surface area contributed by atoms with Crippen molar-refractivity contribution in [3.05, 3.63) is 77.8 Å². The van der Waals surface area contributed by atoms with E-state index in [9.17, 15) is 9.59 Å². The molecule has 1 fully saturated rings. The fourth-order valence-corrected chi connectivity index (χ4v) is 2.51. The number of likely N-dealkylation sites (tertiary alicyclic amines) is 1. The van der Waals surface area contributed by atoms with Gasteiger partial charge < -0.3 is 9.64 Å². The summed E-state index contributed by atoms with van der Waals surface area (Å²) in [6.45, 7) is 11.7. The second-order valence-corrected chi connectivity index (χ2v) is 5.09. The lowest BCUT2D eigenvalue weighted by Crippen LogP contribution is -2.24. The van der Waals surface area contributed by atoms with Crippen molar-refractivity contribution in [1.82, 2.24) is 9.88 Å². The van der Waals surface area contributed by atoms with E-state index in [2.05, 4.69) is 18.1 Å². The maximum atomic E-state index is 12.5. The molecule has 0 atom stereocenters. The van der Waals surface area contributed by atoms with Crippen molar-refractivity contribution in [2.24, 2.45) is 0 Å². The molecule has 0 spiro atoms. The maximum absolute atomic E-state index is 12.5. The summed E-state index contributed by atoms with van der Waals surface area (Å²) in [6, 6.07) is 5.08. The second kappa shape index (κ2) is 7.55. The number of ether oxygens (including phenoxy) is 1. The molecule has 5 heteroatoms. The number of carbonyl (C=O) groups is 2. The third-order valence-corrected chi connectivity index (χ3v) is 3.56. The molecule has 0 aliphatic carbocycles. The van der Waals surface area contributed by atoms with E-state index in [-0.39, 0.29) is 24.8 Å². The van der Waals surface area contributed by atoms with Gasteiger partial charge in [-0.3, -0.25) is 4.79 Å². The van der Waals surface area contributed by atoms with Gasteiger partial charge in [0.15, 0.2) is 0 Å². The first-order chi connectivity index (χ1) is 11.5. The molecule has 0 aromatic carbocycles. The Morgan fingerprint density at radius 1 is 1.42 bits per heavy atom. The Kier molecular flexibility index (Phi) is 5.47. The molecule has 2 rings (SSSR count). The van der Waals surface area contributed by atoms with Crippen LogP contribution >= 0.6 is 0 Å². The number of carbonyl (C=O) groups excluding carboxylic acids is 2. The lowest BCUT2D eigenvalue weighted by Gasteiger charge is -2.17. The molecule has 1 aliphatic rings. The topological polar surface area (TPSA) is 59.5 Å². The van der Waals surface area contributed by atoms with Gasteiger partial charge in [-0.2, -0.15) is 0 Å². The van der Waals surface area contributed by atoms with Crippen molar-refractivity contribution in [3.8, 4) is 0 Å². The Bertz CT molecular complexity index is 760. The molecule has 24 heavy (non-hydrogen) atoms. The molecule has 1 aromatic rings. The van der Waals surface area contributed by atoms with Crippen LogP contribution in [0.4, 0.5) is 0 Å². The van der Waals surface area contributed by atoms with Crippen LogP contribution in [0.25, 0.3) is 0 Å². The third kappa shape index (κ3) is 3.35. The second-order valence-electron chi connectivity index (χ2n) is 5.09. The molecular formula is C19H20N2O3. The summed E-state index contributed by atoms with van der Waals surface area (Å²) >= 11 is 0. The van der Waals surface area contributed by atoms with E-state index in [0.717, 1.165) is 11.3 Å². The number of hydrogen-bond donors (Lipinski definition) is 0. The molecule has 1 aliphatic heterocycles. The van der Waals surface area contributed by atoms with Crippen molar-refractivity contribution in [1.29, 1.82) is 0 Å². The highest BCUT2D eigenvalue weighted by molar-refractivity contribution is 6.04. The van der Waals surface area contributed by atoms with Gasteiger partial charge in [-0.1, -0.05) is 37.5 Å². The van der Waals surface area contributed by atoms with Crippen LogP contribution in [0.15, 0.2) is 66.4 Å². The van der Waals surface area contributed by atoms with Crippen molar-refractivity contribution in [2.75, 3.05) is 6.61 Å². The number of amides is 1. The van der Waals surface area contributed by atoms with Crippen LogP contribution in [-0.4, -0.2) is 28.4 Å². The number of allylic oxidation sites excluding steroid dienone is 4. The minimum atomic E-state index is -0.477. The fraction of sp³-hybridized carbons (Fsp3) is 0.211. The van der Waals surface area contributed by atoms with Crippen molar-refractivity contribution in [2.45, 2.75) is 20.4 Å². The number of esters is 1.